The summed E-state index contributed by atoms with van der Waals surface area (Å²) in [4.78, 5) is 34.9. The van der Waals surface area contributed by atoms with Crippen molar-refractivity contribution in [2.45, 2.75) is 25.7 Å². The van der Waals surface area contributed by atoms with E-state index in [0.29, 0.717) is 46.9 Å². The standard InChI is InChI=1S/C31H25FN4O4/c1-39-27-15-25-24(14-23(27)21-17-35-36-18-21)26(8-11-33-25)40-30-7-4-20(16-34-30)13-29(38)31(9-10-31)28(37)12-19-2-5-22(32)6-3-19/h2-8,11,14-18H,9-10,12-13H2,1H3,(H,35,36). The quantitative estimate of drug-likeness (QED) is 0.229. The van der Waals surface area contributed by atoms with Crippen LogP contribution in [0.2, 0.25) is 0 Å². The first-order valence-corrected chi connectivity index (χ1v) is 12.8. The first-order chi connectivity index (χ1) is 19.4. The maximum absolute atomic E-state index is 13.2. The van der Waals surface area contributed by atoms with Crippen LogP contribution in [0.25, 0.3) is 22.0 Å². The first-order valence-electron chi connectivity index (χ1n) is 12.8. The molecule has 0 radical (unpaired) electrons. The van der Waals surface area contributed by atoms with E-state index in [4.69, 9.17) is 9.47 Å². The molecule has 200 valence electrons. The molecule has 0 atom stereocenters. The number of benzene rings is 2. The van der Waals surface area contributed by atoms with Crippen LogP contribution in [-0.2, 0) is 22.4 Å². The highest BCUT2D eigenvalue weighted by Crippen LogP contribution is 2.49. The smallest absolute Gasteiger partial charge is 0.219 e. The van der Waals surface area contributed by atoms with Crippen LogP contribution in [0.5, 0.6) is 17.4 Å². The van der Waals surface area contributed by atoms with Crippen molar-refractivity contribution in [3.8, 4) is 28.5 Å². The van der Waals surface area contributed by atoms with Crippen LogP contribution >= 0.6 is 0 Å². The topological polar surface area (TPSA) is 107 Å². The lowest BCUT2D eigenvalue weighted by Crippen LogP contribution is -2.28. The van der Waals surface area contributed by atoms with E-state index in [0.717, 1.165) is 16.5 Å². The molecule has 0 spiro atoms. The Morgan fingerprint density at radius 3 is 2.33 bits per heavy atom. The number of fused-ring (bicyclic) bond motifs is 1. The number of nitrogens with one attached hydrogen (secondary N) is 1. The van der Waals surface area contributed by atoms with Gasteiger partial charge in [0, 0.05) is 60.1 Å². The second-order valence-corrected chi connectivity index (χ2v) is 9.88. The molecule has 1 aliphatic rings. The van der Waals surface area contributed by atoms with Crippen LogP contribution in [0.4, 0.5) is 4.39 Å². The van der Waals surface area contributed by atoms with E-state index in [-0.39, 0.29) is 30.2 Å². The Labute approximate surface area is 229 Å². The van der Waals surface area contributed by atoms with Gasteiger partial charge >= 0.3 is 0 Å². The van der Waals surface area contributed by atoms with Gasteiger partial charge in [-0.1, -0.05) is 18.2 Å². The molecule has 3 heterocycles. The van der Waals surface area contributed by atoms with E-state index in [2.05, 4.69) is 20.2 Å². The molecule has 1 aliphatic carbocycles. The summed E-state index contributed by atoms with van der Waals surface area (Å²) >= 11 is 0. The fraction of sp³-hybridized carbons (Fsp3) is 0.194. The number of carbonyl (C=O) groups is 2. The van der Waals surface area contributed by atoms with Gasteiger partial charge in [0.2, 0.25) is 5.88 Å². The number of aromatic nitrogens is 4. The average molecular weight is 537 g/mol. The van der Waals surface area contributed by atoms with Gasteiger partial charge in [-0.05, 0) is 48.2 Å². The van der Waals surface area contributed by atoms with Crippen molar-refractivity contribution >= 4 is 22.5 Å². The van der Waals surface area contributed by atoms with Crippen molar-refractivity contribution in [3.63, 3.8) is 0 Å². The van der Waals surface area contributed by atoms with Crippen LogP contribution in [0.3, 0.4) is 0 Å². The minimum Gasteiger partial charge on any atom is -0.496 e. The number of ether oxygens (including phenoxy) is 2. The number of methoxy groups -OCH3 is 1. The molecule has 6 rings (SSSR count). The predicted molar refractivity (Wildman–Crippen MR) is 146 cm³/mol. The number of hydrogen-bond acceptors (Lipinski definition) is 7. The number of aromatic amines is 1. The highest BCUT2D eigenvalue weighted by atomic mass is 19.1. The fourth-order valence-corrected chi connectivity index (χ4v) is 4.87. The Bertz CT molecular complexity index is 1700. The van der Waals surface area contributed by atoms with Crippen molar-refractivity contribution in [1.29, 1.82) is 0 Å². The second kappa shape index (κ2) is 10.3. The molecule has 8 nitrogen and oxygen atoms in total. The molecule has 0 saturated heterocycles. The molecule has 1 fully saturated rings. The van der Waals surface area contributed by atoms with Crippen molar-refractivity contribution in [2.24, 2.45) is 5.41 Å². The number of pyridine rings is 2. The number of Topliss-reactive ketones (excluding diaryl/α,β-unsaturated/α-hetero) is 2. The third kappa shape index (κ3) is 4.93. The summed E-state index contributed by atoms with van der Waals surface area (Å²) in [5.41, 5.74) is 2.85. The van der Waals surface area contributed by atoms with Crippen molar-refractivity contribution in [2.75, 3.05) is 7.11 Å². The van der Waals surface area contributed by atoms with E-state index in [1.807, 2.05) is 12.1 Å². The molecule has 5 aromatic rings. The molecule has 9 heteroatoms. The maximum atomic E-state index is 13.2. The zero-order valence-corrected chi connectivity index (χ0v) is 21.7. The number of H-pyrrole nitrogens is 1. The third-order valence-corrected chi connectivity index (χ3v) is 7.30. The molecule has 0 bridgehead atoms. The lowest BCUT2D eigenvalue weighted by atomic mass is 9.88. The van der Waals surface area contributed by atoms with E-state index in [1.165, 1.54) is 12.1 Å². The molecule has 2 aromatic carbocycles. The molecule has 0 aliphatic heterocycles. The summed E-state index contributed by atoms with van der Waals surface area (Å²) in [6, 6.07) is 14.8. The summed E-state index contributed by atoms with van der Waals surface area (Å²) in [7, 11) is 1.60. The Morgan fingerprint density at radius 2 is 1.68 bits per heavy atom. The summed E-state index contributed by atoms with van der Waals surface area (Å²) < 4.78 is 24.9. The number of nitrogens with zero attached hydrogens (tertiary/aromatic N) is 3. The minimum atomic E-state index is -0.951. The minimum absolute atomic E-state index is 0.106. The van der Waals surface area contributed by atoms with Crippen molar-refractivity contribution in [1.82, 2.24) is 20.2 Å². The summed E-state index contributed by atoms with van der Waals surface area (Å²) in [6.07, 6.45) is 8.05. The number of ketones is 2. The summed E-state index contributed by atoms with van der Waals surface area (Å²) in [6.45, 7) is 0. The number of hydrogen-bond donors (Lipinski definition) is 1. The van der Waals surface area contributed by atoms with Gasteiger partial charge in [0.05, 0.1) is 24.2 Å². The third-order valence-electron chi connectivity index (χ3n) is 7.30. The number of rotatable bonds is 10. The fourth-order valence-electron chi connectivity index (χ4n) is 4.87. The average Bonchev–Trinajstić information content (AvgIpc) is 3.62. The molecule has 0 unspecified atom stereocenters. The first kappa shape index (κ1) is 25.4. The highest BCUT2D eigenvalue weighted by molar-refractivity contribution is 6.10. The highest BCUT2D eigenvalue weighted by Gasteiger charge is 2.54. The van der Waals surface area contributed by atoms with Crippen LogP contribution in [0.15, 0.2) is 79.4 Å². The van der Waals surface area contributed by atoms with Gasteiger partial charge < -0.3 is 9.47 Å². The van der Waals surface area contributed by atoms with Gasteiger partial charge in [0.25, 0.3) is 0 Å². The van der Waals surface area contributed by atoms with E-state index in [1.54, 1.807) is 62.2 Å². The predicted octanol–water partition coefficient (Wildman–Crippen LogP) is 5.66. The largest absolute Gasteiger partial charge is 0.496 e. The SMILES string of the molecule is COc1cc2nccc(Oc3ccc(CC(=O)C4(C(=O)Cc5ccc(F)cc5)CC4)cn3)c2cc1-c1cn[nH]c1. The van der Waals surface area contributed by atoms with Crippen LogP contribution in [0, 0.1) is 11.2 Å². The lowest BCUT2D eigenvalue weighted by Gasteiger charge is -2.14. The van der Waals surface area contributed by atoms with Crippen LogP contribution < -0.4 is 9.47 Å². The Balaban J connectivity index is 1.17. The maximum Gasteiger partial charge on any atom is 0.219 e. The lowest BCUT2D eigenvalue weighted by molar-refractivity contribution is -0.133. The molecule has 0 amide bonds. The zero-order chi connectivity index (χ0) is 27.7. The van der Waals surface area contributed by atoms with Gasteiger partial charge in [-0.15, -0.1) is 0 Å². The number of carbonyl (C=O) groups excluding carboxylic acids is 2. The Kier molecular flexibility index (Phi) is 6.55. The van der Waals surface area contributed by atoms with E-state index in [9.17, 15) is 14.0 Å². The van der Waals surface area contributed by atoms with E-state index >= 15 is 0 Å². The second-order valence-electron chi connectivity index (χ2n) is 9.88. The monoisotopic (exact) mass is 536 g/mol. The molecular weight excluding hydrogens is 511 g/mol. The molecule has 3 aromatic heterocycles. The van der Waals surface area contributed by atoms with Crippen LogP contribution in [-0.4, -0.2) is 38.8 Å². The van der Waals surface area contributed by atoms with Crippen molar-refractivity contribution < 1.29 is 23.5 Å². The zero-order valence-electron chi connectivity index (χ0n) is 21.7. The van der Waals surface area contributed by atoms with Crippen LogP contribution in [0.1, 0.15) is 24.0 Å². The molecule has 40 heavy (non-hydrogen) atoms. The number of halogens is 1. The van der Waals surface area contributed by atoms with Gasteiger partial charge in [-0.2, -0.15) is 5.10 Å². The normalized spacial score (nSPS) is 13.7. The van der Waals surface area contributed by atoms with Gasteiger partial charge in [-0.3, -0.25) is 19.7 Å². The van der Waals surface area contributed by atoms with Gasteiger partial charge in [-0.25, -0.2) is 9.37 Å². The van der Waals surface area contributed by atoms with E-state index < -0.39 is 5.41 Å². The molecule has 1 saturated carbocycles. The molecule has 1 N–H and O–H groups in total. The summed E-state index contributed by atoms with van der Waals surface area (Å²) in [5, 5.41) is 7.62. The Hall–Kier alpha value is -4.92. The van der Waals surface area contributed by atoms with Gasteiger partial charge in [0.1, 0.15) is 17.3 Å². The van der Waals surface area contributed by atoms with Gasteiger partial charge in [0.15, 0.2) is 11.6 Å². The van der Waals surface area contributed by atoms with Crippen molar-refractivity contribution in [3.05, 3.63) is 96.3 Å². The molecular formula is C31H25FN4O4. The summed E-state index contributed by atoms with van der Waals surface area (Å²) in [5.74, 6) is 0.999. The Morgan fingerprint density at radius 1 is 0.925 bits per heavy atom.